The van der Waals surface area contributed by atoms with Gasteiger partial charge in [-0.1, -0.05) is 59.6 Å². The van der Waals surface area contributed by atoms with E-state index in [-0.39, 0.29) is 102 Å². The Morgan fingerprint density at radius 2 is 0.945 bits per heavy atom. The number of benzene rings is 6. The van der Waals surface area contributed by atoms with E-state index in [9.17, 15) is 74.3 Å². The van der Waals surface area contributed by atoms with Crippen molar-refractivity contribution in [3.05, 3.63) is 187 Å². The maximum Gasteiger partial charge on any atom is 0.417 e. The van der Waals surface area contributed by atoms with Crippen LogP contribution in [0.5, 0.6) is 0 Å². The Kier molecular flexibility index (Phi) is 37.6. The van der Waals surface area contributed by atoms with Crippen molar-refractivity contribution in [1.82, 2.24) is 16.2 Å². The Labute approximate surface area is 656 Å². The second-order valence-corrected chi connectivity index (χ2v) is 28.1. The summed E-state index contributed by atoms with van der Waals surface area (Å²) in [5.74, 6) is -1.73. The van der Waals surface area contributed by atoms with E-state index >= 15 is 0 Å². The normalized spacial score (nSPS) is 12.9. The summed E-state index contributed by atoms with van der Waals surface area (Å²) >= 11 is 18.3. The van der Waals surface area contributed by atoms with Crippen molar-refractivity contribution < 1.29 is 88.9 Å². The highest BCUT2D eigenvalue weighted by Gasteiger charge is 2.34. The number of ketones is 2. The van der Waals surface area contributed by atoms with Crippen LogP contribution in [-0.4, -0.2) is 140 Å². The summed E-state index contributed by atoms with van der Waals surface area (Å²) in [5.41, 5.74) is 7.53. The molecule has 2 aliphatic heterocycles. The Bertz CT molecular complexity index is 4220. The lowest BCUT2D eigenvalue weighted by atomic mass is 10.1. The number of nitrogens with zero attached hydrogens (tertiary/aromatic N) is 4. The van der Waals surface area contributed by atoms with E-state index in [0.717, 1.165) is 124 Å². The number of piperidine rings is 2. The number of carbonyl (C=O) groups is 10. The molecule has 2 aliphatic rings. The number of hydrogen-bond donors (Lipinski definition) is 7. The number of thiol groups is 1. The predicted octanol–water partition coefficient (Wildman–Crippen LogP) is 15.3. The second-order valence-electron chi connectivity index (χ2n) is 24.7. The molecule has 6 aromatic rings. The molecule has 0 spiro atoms. The maximum absolute atomic E-state index is 13.4. The summed E-state index contributed by atoms with van der Waals surface area (Å²) in [5, 5.41) is 23.6. The van der Waals surface area contributed by atoms with Gasteiger partial charge in [-0.25, -0.2) is 10.9 Å². The largest absolute Gasteiger partial charge is 0.481 e. The van der Waals surface area contributed by atoms with Crippen LogP contribution in [0.2, 0.25) is 10.0 Å². The zero-order valence-electron chi connectivity index (χ0n) is 60.3. The molecular formula is C77H85Cl2F6N9O13S3. The Balaban J connectivity index is 0.000000299. The summed E-state index contributed by atoms with van der Waals surface area (Å²) in [7, 11) is 0. The number of halogens is 8. The van der Waals surface area contributed by atoms with Crippen LogP contribution < -0.4 is 36.6 Å². The number of alkyl halides is 6. The Morgan fingerprint density at radius 1 is 0.518 bits per heavy atom. The van der Waals surface area contributed by atoms with Gasteiger partial charge in [0.2, 0.25) is 5.91 Å². The molecule has 110 heavy (non-hydrogen) atoms. The van der Waals surface area contributed by atoms with E-state index in [4.69, 9.17) is 33.0 Å². The van der Waals surface area contributed by atoms with Crippen LogP contribution in [0, 0.1) is 0 Å². The number of hydrogen-bond acceptors (Lipinski definition) is 19. The molecule has 6 aromatic carbocycles. The van der Waals surface area contributed by atoms with Gasteiger partial charge in [0.1, 0.15) is 18.1 Å². The number of carboxylic acid groups (broad SMARTS) is 1. The van der Waals surface area contributed by atoms with Crippen LogP contribution in [0.25, 0.3) is 0 Å². The first-order valence-electron chi connectivity index (χ1n) is 35.1. The number of amides is 5. The van der Waals surface area contributed by atoms with Crippen molar-refractivity contribution >= 4 is 154 Å². The molecule has 22 nitrogen and oxygen atoms in total. The topological polar surface area (TPSA) is 301 Å². The Hall–Kier alpha value is -9.43. The molecular weight excluding hydrogens is 1540 g/mol. The third-order valence-electron chi connectivity index (χ3n) is 16.4. The summed E-state index contributed by atoms with van der Waals surface area (Å²) in [4.78, 5) is 125. The number of rotatable bonds is 34. The average molecular weight is 1630 g/mol. The third-order valence-corrected chi connectivity index (χ3v) is 19.3. The number of anilines is 4. The number of esters is 2. The van der Waals surface area contributed by atoms with E-state index in [1.807, 2.05) is 24.3 Å². The fraction of sp³-hybridized carbons (Fsp3) is 0.377. The molecule has 2 fully saturated rings. The van der Waals surface area contributed by atoms with Gasteiger partial charge in [-0.15, -0.1) is 0 Å². The third kappa shape index (κ3) is 31.5. The highest BCUT2D eigenvalue weighted by molar-refractivity contribution is 7.98. The Morgan fingerprint density at radius 3 is 1.35 bits per heavy atom. The minimum absolute atomic E-state index is 0.00205. The van der Waals surface area contributed by atoms with Crippen molar-refractivity contribution in [3.63, 3.8) is 0 Å². The van der Waals surface area contributed by atoms with Gasteiger partial charge in [0.25, 0.3) is 23.6 Å². The molecule has 0 saturated carbocycles. The smallest absolute Gasteiger partial charge is 0.417 e. The number of carboxylic acids is 1. The SMILES string of the molecule is CCOC(=O)CCC(=O)CCSCc1cccc(C(=O)Nc2ccc(N3CCCCC3)cc2C(=O)N/N=C/c2ccc(Cl)c(C(F)(F)F)c2)c1.CCOC(=O)CNC(=O)CCS.O=C(O)CCC(=O)CCSCc1cccc(C(=O)Nc2ccc(N3CCCCC3)cc2C(=O)N/N=C/c2ccc(Cl)c(C(F)(F)F)c2)c1. The molecule has 8 rings (SSSR count). The number of ether oxygens (including phenoxy) is 2. The lowest BCUT2D eigenvalue weighted by Crippen LogP contribution is -2.30. The summed E-state index contributed by atoms with van der Waals surface area (Å²) in [6.07, 6.45) is 0.00927. The van der Waals surface area contributed by atoms with Crippen LogP contribution in [0.15, 0.2) is 132 Å². The number of thioether (sulfide) groups is 2. The average Bonchev–Trinajstić information content (AvgIpc) is 0.823. The number of hydrazone groups is 2. The quantitative estimate of drug-likeness (QED) is 0.00493. The molecule has 6 N–H and O–H groups in total. The molecule has 0 bridgehead atoms. The highest BCUT2D eigenvalue weighted by atomic mass is 35.5. The van der Waals surface area contributed by atoms with Gasteiger partial charge in [0.05, 0.1) is 82.2 Å². The standard InChI is InChI=1S/C36H38ClF3N4O5S.C34H34ClF3N4O5S.C7H13NO3S/c1-2-49-33(46)14-11-28(45)15-18-50-23-25-7-6-8-26(19-25)34(47)42-32-13-10-27(44-16-4-3-5-17-44)21-29(32)35(48)43-41-22-24-9-12-31(37)30(20-24)36(38,39)40;35-29-10-7-22(18-28(29)34(36,37)38)20-39-41-33(47)27-19-25(42-14-2-1-3-15-42)8-11-30(27)40-32(46)24-6-4-5-23(17-24)21-48-16-13-26(43)9-12-31(44)45;1-2-11-7(10)5-8-6(9)3-4-12/h6-10,12-13,19-22H,2-5,11,14-18,23H2,1H3,(H,42,47)(H,43,48);4-8,10-11,17-20H,1-3,9,12-16,21H2,(H,40,46)(H,41,47)(H,44,45);12H,2-5H2,1H3,(H,8,9)/b41-22+;39-20+;. The lowest BCUT2D eigenvalue weighted by Gasteiger charge is -2.29. The molecule has 2 heterocycles. The number of nitrogens with one attached hydrogen (secondary N) is 5. The summed E-state index contributed by atoms with van der Waals surface area (Å²) < 4.78 is 89.1. The van der Waals surface area contributed by atoms with Crippen LogP contribution in [0.4, 0.5) is 49.1 Å². The van der Waals surface area contributed by atoms with E-state index < -0.39 is 69.1 Å². The van der Waals surface area contributed by atoms with Crippen molar-refractivity contribution in [1.29, 1.82) is 0 Å². The highest BCUT2D eigenvalue weighted by Crippen LogP contribution is 2.37. The second kappa shape index (κ2) is 46.3. The van der Waals surface area contributed by atoms with Crippen molar-refractivity contribution in [2.45, 2.75) is 121 Å². The first-order valence-corrected chi connectivity index (χ1v) is 38.8. The van der Waals surface area contributed by atoms with Crippen molar-refractivity contribution in [2.75, 3.05) is 83.6 Å². The van der Waals surface area contributed by atoms with E-state index in [1.54, 1.807) is 74.5 Å². The van der Waals surface area contributed by atoms with Crippen LogP contribution in [0.1, 0.15) is 172 Å². The molecule has 0 aromatic heterocycles. The van der Waals surface area contributed by atoms with Gasteiger partial charge in [-0.05, 0) is 165 Å². The molecule has 590 valence electrons. The van der Waals surface area contributed by atoms with Crippen LogP contribution in [-0.2, 0) is 62.1 Å². The van der Waals surface area contributed by atoms with Gasteiger partial charge in [0.15, 0.2) is 0 Å². The summed E-state index contributed by atoms with van der Waals surface area (Å²) in [6, 6.07) is 30.7. The molecule has 0 radical (unpaired) electrons. The van der Waals surface area contributed by atoms with Crippen molar-refractivity contribution in [2.24, 2.45) is 10.2 Å². The first kappa shape index (κ1) is 89.5. The molecule has 2 saturated heterocycles. The molecule has 33 heteroatoms. The van der Waals surface area contributed by atoms with Gasteiger partial charge in [0, 0.05) is 104 Å². The van der Waals surface area contributed by atoms with Gasteiger partial charge in [-0.3, -0.25) is 47.9 Å². The first-order chi connectivity index (χ1) is 52.5. The maximum atomic E-state index is 13.4. The van der Waals surface area contributed by atoms with Crippen LogP contribution >= 0.6 is 59.4 Å². The van der Waals surface area contributed by atoms with Crippen LogP contribution in [0.3, 0.4) is 0 Å². The molecule has 5 amide bonds. The van der Waals surface area contributed by atoms with E-state index in [0.29, 0.717) is 59.3 Å². The fourth-order valence-corrected chi connectivity index (χ4v) is 13.3. The monoisotopic (exact) mass is 1620 g/mol. The number of carbonyl (C=O) groups excluding carboxylic acids is 9. The zero-order chi connectivity index (χ0) is 80.2. The predicted molar refractivity (Wildman–Crippen MR) is 419 cm³/mol. The summed E-state index contributed by atoms with van der Waals surface area (Å²) in [6.45, 7) is 7.24. The number of Topliss-reactive ketones (excluding diaryl/α,β-unsaturated/α-hetero) is 2. The molecule has 0 atom stereocenters. The van der Waals surface area contributed by atoms with Gasteiger partial charge >= 0.3 is 30.3 Å². The molecule has 0 aliphatic carbocycles. The van der Waals surface area contributed by atoms with Crippen molar-refractivity contribution in [3.8, 4) is 0 Å². The minimum Gasteiger partial charge on any atom is -0.481 e. The van der Waals surface area contributed by atoms with E-state index in [1.165, 1.54) is 35.7 Å². The zero-order valence-corrected chi connectivity index (χ0v) is 64.3. The lowest BCUT2D eigenvalue weighted by molar-refractivity contribution is -0.144. The van der Waals surface area contributed by atoms with Gasteiger partial charge in [-0.2, -0.15) is 72.7 Å². The fourth-order valence-electron chi connectivity index (χ4n) is 10.8. The van der Waals surface area contributed by atoms with Gasteiger partial charge < -0.3 is 40.3 Å². The molecule has 0 unspecified atom stereocenters. The number of aliphatic carboxylic acids is 1. The minimum atomic E-state index is -4.66. The van der Waals surface area contributed by atoms with E-state index in [2.05, 4.69) is 64.2 Å².